The van der Waals surface area contributed by atoms with E-state index in [1.165, 1.54) is 0 Å². The third-order valence-corrected chi connectivity index (χ3v) is 5.26. The fourth-order valence-corrected chi connectivity index (χ4v) is 3.96. The molecule has 2 heterocycles. The Balaban J connectivity index is 1.95. The van der Waals surface area contributed by atoms with Gasteiger partial charge in [0.05, 0.1) is 22.2 Å². The van der Waals surface area contributed by atoms with Gasteiger partial charge in [-0.25, -0.2) is 4.98 Å². The Hall–Kier alpha value is -0.370. The molecule has 0 bridgehead atoms. The summed E-state index contributed by atoms with van der Waals surface area (Å²) in [7, 11) is -1.04. The van der Waals surface area contributed by atoms with E-state index in [0.717, 1.165) is 28.7 Å². The summed E-state index contributed by atoms with van der Waals surface area (Å²) >= 11 is 8.58. The first kappa shape index (κ1) is 13.1. The maximum atomic E-state index is 11.9. The van der Waals surface area contributed by atoms with E-state index < -0.39 is 10.8 Å². The molecule has 0 aliphatic carbocycles. The minimum atomic E-state index is -1.04. The normalized spacial score (nSPS) is 12.8. The molecule has 0 saturated heterocycles. The van der Waals surface area contributed by atoms with Gasteiger partial charge in [-0.15, -0.1) is 16.4 Å². The van der Waals surface area contributed by atoms with Gasteiger partial charge in [-0.05, 0) is 6.42 Å². The minimum absolute atomic E-state index is 0.342. The minimum Gasteiger partial charge on any atom is -0.259 e. The maximum absolute atomic E-state index is 11.9. The van der Waals surface area contributed by atoms with Crippen LogP contribution >= 0.6 is 34.5 Å². The lowest BCUT2D eigenvalue weighted by Crippen LogP contribution is -2.01. The van der Waals surface area contributed by atoms with E-state index >= 15 is 0 Å². The zero-order valence-electron chi connectivity index (χ0n) is 9.05. The molecule has 1 unspecified atom stereocenters. The van der Waals surface area contributed by atoms with E-state index in [2.05, 4.69) is 21.5 Å². The van der Waals surface area contributed by atoms with Gasteiger partial charge in [-0.2, -0.15) is 0 Å². The third kappa shape index (κ3) is 3.54. The second-order valence-corrected chi connectivity index (χ2v) is 7.06. The average molecular weight is 308 g/mol. The molecule has 17 heavy (non-hydrogen) atoms. The monoisotopic (exact) mass is 307 g/mol. The second-order valence-electron chi connectivity index (χ2n) is 3.31. The van der Waals surface area contributed by atoms with E-state index in [9.17, 15) is 4.21 Å². The second kappa shape index (κ2) is 5.99. The molecule has 2 aromatic rings. The number of hydrogen-bond donors (Lipinski definition) is 0. The third-order valence-electron chi connectivity index (χ3n) is 2.02. The molecule has 0 aliphatic rings. The number of nitrogens with zero attached hydrogens (tertiary/aromatic N) is 3. The zero-order valence-corrected chi connectivity index (χ0v) is 12.3. The van der Waals surface area contributed by atoms with Crippen molar-refractivity contribution in [3.8, 4) is 0 Å². The van der Waals surface area contributed by atoms with Crippen LogP contribution in [0.2, 0.25) is 4.34 Å². The highest BCUT2D eigenvalue weighted by molar-refractivity contribution is 7.83. The van der Waals surface area contributed by atoms with Gasteiger partial charge in [0.1, 0.15) is 10.0 Å². The first-order valence-corrected chi connectivity index (χ1v) is 8.46. The molecule has 8 heteroatoms. The molecule has 1 atom stereocenters. The van der Waals surface area contributed by atoms with Crippen LogP contribution in [0.5, 0.6) is 0 Å². The lowest BCUT2D eigenvalue weighted by atomic mass is 10.5. The number of thiazole rings is 1. The molecule has 0 amide bonds. The molecule has 2 aromatic heterocycles. The van der Waals surface area contributed by atoms with Crippen molar-refractivity contribution in [1.29, 1.82) is 0 Å². The molecule has 0 N–H and O–H groups in total. The molecule has 92 valence electrons. The van der Waals surface area contributed by atoms with Gasteiger partial charge >= 0.3 is 0 Å². The summed E-state index contributed by atoms with van der Waals surface area (Å²) in [6.07, 6.45) is 0.916. The quantitative estimate of drug-likeness (QED) is 0.852. The SMILES string of the molecule is CCc1nc(CS(=O)Cc2nnsc2Cl)cs1. The van der Waals surface area contributed by atoms with E-state index in [1.54, 1.807) is 11.3 Å². The first-order valence-electron chi connectivity index (χ1n) is 4.94. The van der Waals surface area contributed by atoms with Crippen LogP contribution in [-0.2, 0) is 28.7 Å². The van der Waals surface area contributed by atoms with E-state index in [1.807, 2.05) is 5.38 Å². The zero-order chi connectivity index (χ0) is 12.3. The summed E-state index contributed by atoms with van der Waals surface area (Å²) in [6.45, 7) is 2.06. The maximum Gasteiger partial charge on any atom is 0.138 e. The predicted molar refractivity (Wildman–Crippen MR) is 72.0 cm³/mol. The summed E-state index contributed by atoms with van der Waals surface area (Å²) < 4.78 is 16.1. The first-order chi connectivity index (χ1) is 8.19. The molecule has 0 fully saturated rings. The average Bonchev–Trinajstić information content (AvgIpc) is 2.89. The Labute approximate surface area is 115 Å². The molecule has 0 spiro atoms. The molecule has 2 rings (SSSR count). The van der Waals surface area contributed by atoms with Gasteiger partial charge in [0.2, 0.25) is 0 Å². The topological polar surface area (TPSA) is 55.7 Å². The number of aromatic nitrogens is 3. The summed E-state index contributed by atoms with van der Waals surface area (Å²) in [5, 5.41) is 6.87. The van der Waals surface area contributed by atoms with Gasteiger partial charge in [0.15, 0.2) is 0 Å². The van der Waals surface area contributed by atoms with Gasteiger partial charge < -0.3 is 0 Å². The van der Waals surface area contributed by atoms with Crippen molar-refractivity contribution in [3.63, 3.8) is 0 Å². The van der Waals surface area contributed by atoms with Crippen molar-refractivity contribution >= 4 is 45.3 Å². The number of rotatable bonds is 5. The molecule has 0 saturated carbocycles. The summed E-state index contributed by atoms with van der Waals surface area (Å²) in [5.74, 6) is 0.790. The van der Waals surface area contributed by atoms with Crippen LogP contribution < -0.4 is 0 Å². The van der Waals surface area contributed by atoms with Crippen molar-refractivity contribution in [1.82, 2.24) is 14.6 Å². The Morgan fingerprint density at radius 3 is 2.88 bits per heavy atom. The standard InChI is InChI=1S/C9H10ClN3OS3/c1-2-8-11-6(3-15-8)4-17(14)5-7-9(10)16-13-12-7/h3H,2,4-5H2,1H3. The number of aryl methyl sites for hydroxylation is 1. The van der Waals surface area contributed by atoms with Crippen molar-refractivity contribution < 1.29 is 4.21 Å². The lowest BCUT2D eigenvalue weighted by molar-refractivity contribution is 0.681. The fourth-order valence-electron chi connectivity index (χ4n) is 1.23. The Morgan fingerprint density at radius 1 is 1.47 bits per heavy atom. The van der Waals surface area contributed by atoms with E-state index in [4.69, 9.17) is 11.6 Å². The van der Waals surface area contributed by atoms with Crippen LogP contribution in [0.25, 0.3) is 0 Å². The Kier molecular flexibility index (Phi) is 4.61. The van der Waals surface area contributed by atoms with Gasteiger partial charge in [0.25, 0.3) is 0 Å². The molecular formula is C9H10ClN3OS3. The van der Waals surface area contributed by atoms with Crippen molar-refractivity contribution in [2.24, 2.45) is 0 Å². The Bertz CT molecular complexity index is 525. The van der Waals surface area contributed by atoms with E-state index in [-0.39, 0.29) is 0 Å². The summed E-state index contributed by atoms with van der Waals surface area (Å²) in [6, 6.07) is 0. The van der Waals surface area contributed by atoms with Crippen molar-refractivity contribution in [3.05, 3.63) is 26.1 Å². The van der Waals surface area contributed by atoms with Crippen LogP contribution in [0.1, 0.15) is 23.3 Å². The number of halogens is 1. The summed E-state index contributed by atoms with van der Waals surface area (Å²) in [4.78, 5) is 4.38. The smallest absolute Gasteiger partial charge is 0.138 e. The van der Waals surface area contributed by atoms with Crippen LogP contribution in [-0.4, -0.2) is 18.8 Å². The van der Waals surface area contributed by atoms with Crippen molar-refractivity contribution in [2.75, 3.05) is 0 Å². The Morgan fingerprint density at radius 2 is 2.29 bits per heavy atom. The highest BCUT2D eigenvalue weighted by Gasteiger charge is 2.11. The molecule has 0 radical (unpaired) electrons. The molecular weight excluding hydrogens is 298 g/mol. The highest BCUT2D eigenvalue weighted by Crippen LogP contribution is 2.20. The largest absolute Gasteiger partial charge is 0.259 e. The van der Waals surface area contributed by atoms with Gasteiger partial charge in [0, 0.05) is 27.7 Å². The van der Waals surface area contributed by atoms with Crippen LogP contribution in [0.3, 0.4) is 0 Å². The van der Waals surface area contributed by atoms with Gasteiger partial charge in [-0.3, -0.25) is 4.21 Å². The van der Waals surface area contributed by atoms with Gasteiger partial charge in [-0.1, -0.05) is 23.0 Å². The van der Waals surface area contributed by atoms with Crippen LogP contribution in [0.4, 0.5) is 0 Å². The molecule has 4 nitrogen and oxygen atoms in total. The number of hydrogen-bond acceptors (Lipinski definition) is 6. The van der Waals surface area contributed by atoms with Crippen LogP contribution in [0, 0.1) is 0 Å². The fraction of sp³-hybridized carbons (Fsp3) is 0.444. The van der Waals surface area contributed by atoms with E-state index in [0.29, 0.717) is 21.5 Å². The molecule has 0 aromatic carbocycles. The van der Waals surface area contributed by atoms with Crippen molar-refractivity contribution in [2.45, 2.75) is 24.9 Å². The predicted octanol–water partition coefficient (Wildman–Crippen LogP) is 2.66. The lowest BCUT2D eigenvalue weighted by Gasteiger charge is -1.97. The highest BCUT2D eigenvalue weighted by atomic mass is 35.5. The van der Waals surface area contributed by atoms with Crippen LogP contribution in [0.15, 0.2) is 5.38 Å². The molecule has 0 aliphatic heterocycles. The summed E-state index contributed by atoms with van der Waals surface area (Å²) in [5.41, 5.74) is 1.49.